The molecule has 0 saturated heterocycles. The zero-order valence-corrected chi connectivity index (χ0v) is 16.4. The van der Waals surface area contributed by atoms with Crippen LogP contribution in [0, 0.1) is 13.8 Å². The maximum atomic E-state index is 12.4. The number of carbonyl (C=O) groups is 1. The molecule has 0 aliphatic carbocycles. The predicted molar refractivity (Wildman–Crippen MR) is 108 cm³/mol. The van der Waals surface area contributed by atoms with E-state index < -0.39 is 0 Å². The summed E-state index contributed by atoms with van der Waals surface area (Å²) >= 11 is 0. The highest BCUT2D eigenvalue weighted by Crippen LogP contribution is 2.31. The second-order valence-electron chi connectivity index (χ2n) is 6.67. The molecule has 0 spiro atoms. The lowest BCUT2D eigenvalue weighted by atomic mass is 9.99. The Hall–Kier alpha value is -3.88. The minimum atomic E-state index is -0.261. The third-order valence-corrected chi connectivity index (χ3v) is 4.46. The van der Waals surface area contributed by atoms with E-state index in [1.54, 1.807) is 24.0 Å². The highest BCUT2D eigenvalue weighted by atomic mass is 16.2. The van der Waals surface area contributed by atoms with Crippen LogP contribution in [-0.2, 0) is 18.4 Å². The lowest BCUT2D eigenvalue weighted by Gasteiger charge is -2.09. The molecule has 0 saturated carbocycles. The first-order chi connectivity index (χ1) is 14.0. The average Bonchev–Trinajstić information content (AvgIpc) is 3.28. The fraction of sp³-hybridized carbons (Fsp3) is 0.200. The summed E-state index contributed by atoms with van der Waals surface area (Å²) < 4.78 is 1.61. The number of anilines is 1. The van der Waals surface area contributed by atoms with Crippen molar-refractivity contribution in [2.45, 2.75) is 20.4 Å². The van der Waals surface area contributed by atoms with Crippen LogP contribution >= 0.6 is 0 Å². The van der Waals surface area contributed by atoms with Gasteiger partial charge in [0.15, 0.2) is 0 Å². The Morgan fingerprint density at radius 1 is 1.10 bits per heavy atom. The summed E-state index contributed by atoms with van der Waals surface area (Å²) in [6.07, 6.45) is 1.76. The number of benzene rings is 1. The number of nitrogens with one attached hydrogen (secondary N) is 1. The van der Waals surface area contributed by atoms with Crippen LogP contribution in [0.2, 0.25) is 0 Å². The smallest absolute Gasteiger partial charge is 0.249 e. The number of pyridine rings is 1. The van der Waals surface area contributed by atoms with E-state index in [0.717, 1.165) is 28.1 Å². The van der Waals surface area contributed by atoms with E-state index in [0.29, 0.717) is 11.6 Å². The van der Waals surface area contributed by atoms with Gasteiger partial charge in [-0.1, -0.05) is 30.3 Å². The number of amides is 1. The molecule has 0 aliphatic heterocycles. The number of aromatic nitrogens is 7. The van der Waals surface area contributed by atoms with E-state index in [2.05, 4.69) is 30.8 Å². The van der Waals surface area contributed by atoms with Crippen molar-refractivity contribution in [2.24, 2.45) is 7.05 Å². The number of tetrazole rings is 1. The number of hydrogen-bond donors (Lipinski definition) is 1. The Morgan fingerprint density at radius 3 is 2.62 bits per heavy atom. The molecule has 0 atom stereocenters. The van der Waals surface area contributed by atoms with Crippen LogP contribution in [0.5, 0.6) is 0 Å². The maximum Gasteiger partial charge on any atom is 0.249 e. The Labute approximate surface area is 167 Å². The van der Waals surface area contributed by atoms with Gasteiger partial charge in [0.25, 0.3) is 0 Å². The van der Waals surface area contributed by atoms with Crippen molar-refractivity contribution in [3.8, 4) is 22.5 Å². The molecule has 0 radical (unpaired) electrons. The number of aryl methyl sites for hydroxylation is 3. The van der Waals surface area contributed by atoms with Crippen LogP contribution in [-0.4, -0.2) is 40.9 Å². The van der Waals surface area contributed by atoms with Crippen molar-refractivity contribution in [2.75, 3.05) is 5.32 Å². The van der Waals surface area contributed by atoms with Gasteiger partial charge in [-0.3, -0.25) is 14.5 Å². The van der Waals surface area contributed by atoms with Crippen LogP contribution in [0.4, 0.5) is 5.82 Å². The summed E-state index contributed by atoms with van der Waals surface area (Å²) in [4.78, 5) is 18.0. The highest BCUT2D eigenvalue weighted by molar-refractivity contribution is 5.89. The van der Waals surface area contributed by atoms with Crippen LogP contribution in [0.1, 0.15) is 11.4 Å². The minimum Gasteiger partial charge on any atom is -0.309 e. The molecule has 1 amide bonds. The van der Waals surface area contributed by atoms with Crippen LogP contribution in [0.3, 0.4) is 0 Å². The van der Waals surface area contributed by atoms with Gasteiger partial charge in [0.2, 0.25) is 11.7 Å². The SMILES string of the molecule is Cc1cc(NC(=O)Cn2nnc(-c3c(-c4ccccc4)ccnc3C)n2)n(C)n1. The lowest BCUT2D eigenvalue weighted by molar-refractivity contribution is -0.117. The van der Waals surface area contributed by atoms with Crippen molar-refractivity contribution in [3.63, 3.8) is 0 Å². The maximum absolute atomic E-state index is 12.4. The Kier molecular flexibility index (Phi) is 4.86. The minimum absolute atomic E-state index is 0.0583. The van der Waals surface area contributed by atoms with Gasteiger partial charge in [-0.2, -0.15) is 9.90 Å². The molecule has 9 heteroatoms. The molecule has 0 bridgehead atoms. The standard InChI is InChI=1S/C20H20N8O/c1-13-11-17(27(3)24-13)22-18(29)12-28-25-20(23-26-28)19-14(2)21-10-9-16(19)15-7-5-4-6-8-15/h4-11H,12H2,1-3H3,(H,22,29). The largest absolute Gasteiger partial charge is 0.309 e. The molecule has 9 nitrogen and oxygen atoms in total. The van der Waals surface area contributed by atoms with Crippen LogP contribution in [0.15, 0.2) is 48.7 Å². The van der Waals surface area contributed by atoms with Gasteiger partial charge in [0, 0.05) is 25.0 Å². The molecule has 146 valence electrons. The van der Waals surface area contributed by atoms with Crippen molar-refractivity contribution >= 4 is 11.7 Å². The first kappa shape index (κ1) is 18.5. The molecule has 1 N–H and O–H groups in total. The fourth-order valence-corrected chi connectivity index (χ4v) is 3.16. The van der Waals surface area contributed by atoms with E-state index >= 15 is 0 Å². The zero-order valence-electron chi connectivity index (χ0n) is 16.4. The second kappa shape index (κ2) is 7.63. The van der Waals surface area contributed by atoms with Gasteiger partial charge in [-0.05, 0) is 36.3 Å². The third-order valence-electron chi connectivity index (χ3n) is 4.46. The predicted octanol–water partition coefficient (Wildman–Crippen LogP) is 2.39. The van der Waals surface area contributed by atoms with Gasteiger partial charge in [0.1, 0.15) is 12.4 Å². The summed E-state index contributed by atoms with van der Waals surface area (Å²) in [5, 5.41) is 19.6. The highest BCUT2D eigenvalue weighted by Gasteiger charge is 2.17. The first-order valence-electron chi connectivity index (χ1n) is 9.11. The van der Waals surface area contributed by atoms with Crippen molar-refractivity contribution in [1.29, 1.82) is 0 Å². The molecule has 29 heavy (non-hydrogen) atoms. The summed E-state index contributed by atoms with van der Waals surface area (Å²) in [6.45, 7) is 3.71. The van der Waals surface area contributed by atoms with E-state index in [1.165, 1.54) is 4.80 Å². The molecule has 0 unspecified atom stereocenters. The first-order valence-corrected chi connectivity index (χ1v) is 9.11. The average molecular weight is 388 g/mol. The molecule has 3 heterocycles. The normalized spacial score (nSPS) is 10.9. The summed E-state index contributed by atoms with van der Waals surface area (Å²) in [6, 6.07) is 13.7. The zero-order chi connectivity index (χ0) is 20.4. The summed E-state index contributed by atoms with van der Waals surface area (Å²) in [7, 11) is 1.77. The Morgan fingerprint density at radius 2 is 1.90 bits per heavy atom. The molecule has 1 aromatic carbocycles. The topological polar surface area (TPSA) is 103 Å². The van der Waals surface area contributed by atoms with Gasteiger partial charge in [-0.15, -0.1) is 10.2 Å². The molecule has 0 aliphatic rings. The fourth-order valence-electron chi connectivity index (χ4n) is 3.16. The van der Waals surface area contributed by atoms with Crippen molar-refractivity contribution in [3.05, 3.63) is 60.0 Å². The van der Waals surface area contributed by atoms with Crippen LogP contribution < -0.4 is 5.32 Å². The third kappa shape index (κ3) is 3.88. The summed E-state index contributed by atoms with van der Waals surface area (Å²) in [5.41, 5.74) is 4.42. The van der Waals surface area contributed by atoms with E-state index in [1.807, 2.05) is 50.2 Å². The molecule has 0 fully saturated rings. The number of hydrogen-bond acceptors (Lipinski definition) is 6. The van der Waals surface area contributed by atoms with E-state index in [9.17, 15) is 4.79 Å². The van der Waals surface area contributed by atoms with Gasteiger partial charge < -0.3 is 5.32 Å². The molecular weight excluding hydrogens is 368 g/mol. The molecule has 4 rings (SSSR count). The summed E-state index contributed by atoms with van der Waals surface area (Å²) in [5.74, 6) is 0.782. The molecule has 4 aromatic rings. The Balaban J connectivity index is 1.58. The molecular formula is C20H20N8O. The van der Waals surface area contributed by atoms with Gasteiger partial charge >= 0.3 is 0 Å². The number of carbonyl (C=O) groups excluding carboxylic acids is 1. The van der Waals surface area contributed by atoms with Crippen molar-refractivity contribution in [1.82, 2.24) is 35.0 Å². The Bertz CT molecular complexity index is 1160. The van der Waals surface area contributed by atoms with E-state index in [-0.39, 0.29) is 12.5 Å². The van der Waals surface area contributed by atoms with E-state index in [4.69, 9.17) is 0 Å². The quantitative estimate of drug-likeness (QED) is 0.563. The second-order valence-corrected chi connectivity index (χ2v) is 6.67. The van der Waals surface area contributed by atoms with Gasteiger partial charge in [0.05, 0.1) is 11.3 Å². The number of rotatable bonds is 5. The molecule has 3 aromatic heterocycles. The van der Waals surface area contributed by atoms with Crippen molar-refractivity contribution < 1.29 is 4.79 Å². The van der Waals surface area contributed by atoms with Gasteiger partial charge in [-0.25, -0.2) is 0 Å². The number of nitrogens with zero attached hydrogens (tertiary/aromatic N) is 7. The monoisotopic (exact) mass is 388 g/mol. The van der Waals surface area contributed by atoms with Crippen LogP contribution in [0.25, 0.3) is 22.5 Å². The lowest BCUT2D eigenvalue weighted by Crippen LogP contribution is -2.21.